The Balaban J connectivity index is 1.93. The molecule has 1 aliphatic heterocycles. The highest BCUT2D eigenvalue weighted by Gasteiger charge is 2.34. The number of ether oxygens (including phenoxy) is 2. The van der Waals surface area contributed by atoms with E-state index in [4.69, 9.17) is 21.1 Å². The Morgan fingerprint density at radius 1 is 1.20 bits per heavy atom. The summed E-state index contributed by atoms with van der Waals surface area (Å²) in [7, 11) is 0. The second kappa shape index (κ2) is 10.6. The van der Waals surface area contributed by atoms with Crippen molar-refractivity contribution in [2.24, 2.45) is 4.99 Å². The van der Waals surface area contributed by atoms with E-state index in [1.54, 1.807) is 19.9 Å². The van der Waals surface area contributed by atoms with Gasteiger partial charge in [0.05, 0.1) is 28.5 Å². The summed E-state index contributed by atoms with van der Waals surface area (Å²) in [6, 6.07) is 14.1. The summed E-state index contributed by atoms with van der Waals surface area (Å²) in [5, 5.41) is 0.455. The van der Waals surface area contributed by atoms with E-state index in [0.717, 1.165) is 12.0 Å². The number of thiazole rings is 1. The first-order valence-electron chi connectivity index (χ1n) is 11.5. The quantitative estimate of drug-likeness (QED) is 0.434. The molecule has 0 radical (unpaired) electrons. The van der Waals surface area contributed by atoms with Crippen molar-refractivity contribution < 1.29 is 14.3 Å². The van der Waals surface area contributed by atoms with Gasteiger partial charge in [0.2, 0.25) is 0 Å². The summed E-state index contributed by atoms with van der Waals surface area (Å²) >= 11 is 7.82. The SMILES string of the molecule is CCOC(=O)C1=C(C)N=c2s/c(=C\c3ccccc3O[C@H](C)CC)c(=O)n2[C@@H]1c1ccccc1Cl. The van der Waals surface area contributed by atoms with Crippen molar-refractivity contribution >= 4 is 35.0 Å². The second-order valence-corrected chi connectivity index (χ2v) is 9.61. The van der Waals surface area contributed by atoms with Gasteiger partial charge in [0.1, 0.15) is 11.8 Å². The lowest BCUT2D eigenvalue weighted by atomic mass is 9.96. The molecule has 0 bridgehead atoms. The molecule has 0 fully saturated rings. The van der Waals surface area contributed by atoms with Crippen LogP contribution in [0, 0.1) is 0 Å². The number of aromatic nitrogens is 1. The standard InChI is InChI=1S/C27H27ClN2O4S/c1-5-16(3)34-21-14-10-7-11-18(21)15-22-25(31)30-24(19-12-8-9-13-20(19)28)23(26(32)33-6-2)17(4)29-27(30)35-22/h7-16,24H,5-6H2,1-4H3/b22-15-/t16-,24-/m1/s1. The lowest BCUT2D eigenvalue weighted by molar-refractivity contribution is -0.139. The van der Waals surface area contributed by atoms with Gasteiger partial charge in [-0.25, -0.2) is 9.79 Å². The molecule has 2 aromatic carbocycles. The molecule has 3 aromatic rings. The van der Waals surface area contributed by atoms with Gasteiger partial charge in [-0.05, 0) is 51.0 Å². The topological polar surface area (TPSA) is 69.9 Å². The van der Waals surface area contributed by atoms with E-state index in [1.807, 2.05) is 55.5 Å². The third-order valence-corrected chi connectivity index (χ3v) is 7.15. The number of allylic oxidation sites excluding steroid dienone is 1. The fraction of sp³-hybridized carbons (Fsp3) is 0.296. The molecule has 35 heavy (non-hydrogen) atoms. The minimum Gasteiger partial charge on any atom is -0.490 e. The molecule has 0 saturated heterocycles. The van der Waals surface area contributed by atoms with Crippen LogP contribution in [0.2, 0.25) is 5.02 Å². The van der Waals surface area contributed by atoms with Crippen molar-refractivity contribution in [2.75, 3.05) is 6.61 Å². The predicted molar refractivity (Wildman–Crippen MR) is 139 cm³/mol. The number of carbonyl (C=O) groups excluding carboxylic acids is 1. The second-order valence-electron chi connectivity index (χ2n) is 8.20. The summed E-state index contributed by atoms with van der Waals surface area (Å²) in [6.07, 6.45) is 2.72. The Kier molecular flexibility index (Phi) is 7.57. The van der Waals surface area contributed by atoms with E-state index in [-0.39, 0.29) is 18.3 Å². The van der Waals surface area contributed by atoms with Crippen molar-refractivity contribution in [1.29, 1.82) is 0 Å². The minimum absolute atomic E-state index is 0.0424. The number of hydrogen-bond donors (Lipinski definition) is 0. The summed E-state index contributed by atoms with van der Waals surface area (Å²) in [6.45, 7) is 7.77. The molecule has 182 valence electrons. The Morgan fingerprint density at radius 2 is 1.91 bits per heavy atom. The molecule has 1 aromatic heterocycles. The van der Waals surface area contributed by atoms with E-state index in [2.05, 4.69) is 11.9 Å². The summed E-state index contributed by atoms with van der Waals surface area (Å²) < 4.78 is 13.4. The molecule has 2 heterocycles. The summed E-state index contributed by atoms with van der Waals surface area (Å²) in [5.74, 6) is 0.194. The highest BCUT2D eigenvalue weighted by Crippen LogP contribution is 2.34. The number of nitrogens with zero attached hydrogens (tertiary/aromatic N) is 2. The van der Waals surface area contributed by atoms with Gasteiger partial charge in [-0.15, -0.1) is 0 Å². The Bertz CT molecular complexity index is 1470. The Labute approximate surface area is 212 Å². The maximum absolute atomic E-state index is 13.8. The number of benzene rings is 2. The first kappa shape index (κ1) is 24.9. The molecule has 2 atom stereocenters. The van der Waals surface area contributed by atoms with E-state index in [0.29, 0.717) is 36.9 Å². The number of fused-ring (bicyclic) bond motifs is 1. The first-order valence-corrected chi connectivity index (χ1v) is 12.7. The third-order valence-electron chi connectivity index (χ3n) is 5.83. The van der Waals surface area contributed by atoms with Crippen LogP contribution in [-0.4, -0.2) is 23.2 Å². The molecule has 0 spiro atoms. The van der Waals surface area contributed by atoms with Crippen molar-refractivity contribution in [3.63, 3.8) is 0 Å². The van der Waals surface area contributed by atoms with Crippen LogP contribution in [0.1, 0.15) is 51.3 Å². The molecule has 0 unspecified atom stereocenters. The van der Waals surface area contributed by atoms with Gasteiger partial charge < -0.3 is 9.47 Å². The summed E-state index contributed by atoms with van der Waals surface area (Å²) in [4.78, 5) is 31.8. The molecule has 0 saturated carbocycles. The smallest absolute Gasteiger partial charge is 0.338 e. The van der Waals surface area contributed by atoms with Crippen LogP contribution >= 0.6 is 22.9 Å². The zero-order valence-electron chi connectivity index (χ0n) is 20.1. The number of halogens is 1. The predicted octanol–water partition coefficient (Wildman–Crippen LogP) is 4.63. The van der Waals surface area contributed by atoms with E-state index in [1.165, 1.54) is 15.9 Å². The third kappa shape index (κ3) is 4.97. The van der Waals surface area contributed by atoms with Crippen molar-refractivity contribution in [3.8, 4) is 5.75 Å². The van der Waals surface area contributed by atoms with Gasteiger partial charge in [-0.1, -0.05) is 66.3 Å². The van der Waals surface area contributed by atoms with Gasteiger partial charge in [0, 0.05) is 10.6 Å². The molecule has 6 nitrogen and oxygen atoms in total. The number of hydrogen-bond acceptors (Lipinski definition) is 6. The molecule has 0 aliphatic carbocycles. The molecule has 1 aliphatic rings. The van der Waals surface area contributed by atoms with Crippen LogP contribution in [0.25, 0.3) is 6.08 Å². The Hall–Kier alpha value is -3.16. The van der Waals surface area contributed by atoms with Crippen LogP contribution in [0.3, 0.4) is 0 Å². The highest BCUT2D eigenvalue weighted by atomic mass is 35.5. The highest BCUT2D eigenvalue weighted by molar-refractivity contribution is 7.07. The van der Waals surface area contributed by atoms with E-state index >= 15 is 0 Å². The molecular weight excluding hydrogens is 484 g/mol. The van der Waals surface area contributed by atoms with Gasteiger partial charge >= 0.3 is 5.97 Å². The normalized spacial score (nSPS) is 16.5. The van der Waals surface area contributed by atoms with Crippen LogP contribution in [0.15, 0.2) is 69.6 Å². The van der Waals surface area contributed by atoms with Crippen LogP contribution in [0.5, 0.6) is 5.75 Å². The van der Waals surface area contributed by atoms with Crippen molar-refractivity contribution in [3.05, 3.63) is 95.6 Å². The maximum atomic E-state index is 13.8. The van der Waals surface area contributed by atoms with Crippen molar-refractivity contribution in [2.45, 2.75) is 46.3 Å². The average molecular weight is 511 g/mol. The van der Waals surface area contributed by atoms with Gasteiger partial charge in [0.25, 0.3) is 5.56 Å². The first-order chi connectivity index (χ1) is 16.8. The Morgan fingerprint density at radius 3 is 2.63 bits per heavy atom. The molecular formula is C27H27ClN2O4S. The van der Waals surface area contributed by atoms with Gasteiger partial charge in [-0.2, -0.15) is 0 Å². The fourth-order valence-electron chi connectivity index (χ4n) is 3.93. The molecule has 0 amide bonds. The zero-order valence-corrected chi connectivity index (χ0v) is 21.7. The number of rotatable bonds is 7. The van der Waals surface area contributed by atoms with E-state index in [9.17, 15) is 9.59 Å². The number of para-hydroxylation sites is 1. The van der Waals surface area contributed by atoms with Crippen molar-refractivity contribution in [1.82, 2.24) is 4.57 Å². The maximum Gasteiger partial charge on any atom is 0.338 e. The zero-order chi connectivity index (χ0) is 25.1. The van der Waals surface area contributed by atoms with Crippen LogP contribution < -0.4 is 19.6 Å². The largest absolute Gasteiger partial charge is 0.490 e. The van der Waals surface area contributed by atoms with Crippen LogP contribution in [0.4, 0.5) is 0 Å². The molecule has 4 rings (SSSR count). The lowest BCUT2D eigenvalue weighted by Crippen LogP contribution is -2.40. The van der Waals surface area contributed by atoms with Gasteiger partial charge in [0.15, 0.2) is 4.80 Å². The summed E-state index contributed by atoms with van der Waals surface area (Å²) in [5.41, 5.74) is 1.99. The monoisotopic (exact) mass is 510 g/mol. The molecule has 8 heteroatoms. The number of carbonyl (C=O) groups is 1. The lowest BCUT2D eigenvalue weighted by Gasteiger charge is -2.25. The number of esters is 1. The van der Waals surface area contributed by atoms with Gasteiger partial charge in [-0.3, -0.25) is 9.36 Å². The average Bonchev–Trinajstić information content (AvgIpc) is 3.14. The minimum atomic E-state index is -0.743. The van der Waals surface area contributed by atoms with Crippen LogP contribution in [-0.2, 0) is 9.53 Å². The van der Waals surface area contributed by atoms with E-state index < -0.39 is 12.0 Å². The fourth-order valence-corrected chi connectivity index (χ4v) is 5.21. The molecule has 0 N–H and O–H groups in total.